The molecule has 3 aromatic carbocycles. The van der Waals surface area contributed by atoms with Crippen LogP contribution in [0.4, 0.5) is 11.5 Å². The fourth-order valence-corrected chi connectivity index (χ4v) is 3.57. The van der Waals surface area contributed by atoms with Crippen molar-refractivity contribution in [2.75, 3.05) is 19.5 Å². The van der Waals surface area contributed by atoms with Crippen LogP contribution in [0.3, 0.4) is 0 Å². The Morgan fingerprint density at radius 1 is 0.833 bits per heavy atom. The van der Waals surface area contributed by atoms with Crippen LogP contribution in [0.2, 0.25) is 0 Å². The normalized spacial score (nSPS) is 11.0. The maximum absolute atomic E-state index is 5.49. The van der Waals surface area contributed by atoms with Crippen molar-refractivity contribution in [2.45, 2.75) is 0 Å². The van der Waals surface area contributed by atoms with Gasteiger partial charge in [0.15, 0.2) is 5.82 Å². The quantitative estimate of drug-likeness (QED) is 0.462. The van der Waals surface area contributed by atoms with E-state index >= 15 is 0 Å². The molecule has 30 heavy (non-hydrogen) atoms. The number of hydrogen-bond acceptors (Lipinski definition) is 6. The second kappa shape index (κ2) is 7.36. The Balaban J connectivity index is 1.54. The maximum atomic E-state index is 5.49. The van der Waals surface area contributed by atoms with Crippen LogP contribution in [-0.4, -0.2) is 34.0 Å². The number of nitrogens with zero attached hydrogens (tertiary/aromatic N) is 4. The molecule has 0 saturated heterocycles. The van der Waals surface area contributed by atoms with Gasteiger partial charge in [-0.2, -0.15) is 0 Å². The molecule has 0 unspecified atom stereocenters. The largest absolute Gasteiger partial charge is 0.495 e. The zero-order valence-corrected chi connectivity index (χ0v) is 16.5. The van der Waals surface area contributed by atoms with Crippen molar-refractivity contribution in [1.82, 2.24) is 19.7 Å². The molecular weight excluding hydrogens is 378 g/mol. The van der Waals surface area contributed by atoms with Crippen molar-refractivity contribution in [2.24, 2.45) is 0 Å². The molecule has 0 aliphatic carbocycles. The summed E-state index contributed by atoms with van der Waals surface area (Å²) in [4.78, 5) is 4.57. The molecule has 148 valence electrons. The topological polar surface area (TPSA) is 74.1 Å². The minimum Gasteiger partial charge on any atom is -0.495 e. The van der Waals surface area contributed by atoms with E-state index in [-0.39, 0.29) is 0 Å². The van der Waals surface area contributed by atoms with Gasteiger partial charge in [0.1, 0.15) is 12.1 Å². The number of nitrogens with one attached hydrogen (secondary N) is 1. The van der Waals surface area contributed by atoms with E-state index in [1.165, 1.54) is 0 Å². The van der Waals surface area contributed by atoms with Gasteiger partial charge in [-0.05, 0) is 36.4 Å². The number of benzene rings is 3. The van der Waals surface area contributed by atoms with Crippen molar-refractivity contribution in [3.63, 3.8) is 0 Å². The van der Waals surface area contributed by atoms with Gasteiger partial charge in [-0.1, -0.05) is 30.3 Å². The molecule has 0 aliphatic rings. The van der Waals surface area contributed by atoms with Gasteiger partial charge in [0.05, 0.1) is 30.9 Å². The number of fused-ring (bicyclic) bond motifs is 2. The monoisotopic (exact) mass is 397 g/mol. The van der Waals surface area contributed by atoms with E-state index in [0.717, 1.165) is 38.9 Å². The fraction of sp³-hybridized carbons (Fsp3) is 0.0870. The summed E-state index contributed by atoms with van der Waals surface area (Å²) in [5.74, 6) is 1.95. The number of methoxy groups -OCH3 is 2. The first-order chi connectivity index (χ1) is 14.8. The average molecular weight is 397 g/mol. The lowest BCUT2D eigenvalue weighted by Crippen LogP contribution is -2.00. The molecule has 7 nitrogen and oxygen atoms in total. The molecule has 0 saturated carbocycles. The van der Waals surface area contributed by atoms with Gasteiger partial charge in [-0.3, -0.25) is 4.57 Å². The molecule has 0 atom stereocenters. The van der Waals surface area contributed by atoms with Crippen LogP contribution >= 0.6 is 0 Å². The molecule has 5 rings (SSSR count). The van der Waals surface area contributed by atoms with Crippen LogP contribution in [-0.2, 0) is 0 Å². The average Bonchev–Trinajstić information content (AvgIpc) is 3.22. The van der Waals surface area contributed by atoms with Crippen molar-refractivity contribution in [1.29, 1.82) is 0 Å². The van der Waals surface area contributed by atoms with Gasteiger partial charge in [0, 0.05) is 16.5 Å². The number of anilines is 2. The van der Waals surface area contributed by atoms with Crippen molar-refractivity contribution < 1.29 is 9.47 Å². The Bertz CT molecular complexity index is 1360. The summed E-state index contributed by atoms with van der Waals surface area (Å²) in [5, 5.41) is 13.7. The number of para-hydroxylation sites is 2. The van der Waals surface area contributed by atoms with E-state index in [1.54, 1.807) is 20.5 Å². The highest BCUT2D eigenvalue weighted by atomic mass is 16.5. The SMILES string of the molecule is COc1ccccc1-n1cnc2cc(Nc3nnc(OC)c4ccccc34)ccc21. The van der Waals surface area contributed by atoms with Crippen LogP contribution in [0, 0.1) is 0 Å². The molecule has 2 aromatic heterocycles. The fourth-order valence-electron chi connectivity index (χ4n) is 3.57. The smallest absolute Gasteiger partial charge is 0.241 e. The maximum Gasteiger partial charge on any atom is 0.241 e. The molecule has 0 bridgehead atoms. The lowest BCUT2D eigenvalue weighted by atomic mass is 10.2. The number of rotatable bonds is 5. The summed E-state index contributed by atoms with van der Waals surface area (Å²) in [5.41, 5.74) is 3.65. The third-order valence-corrected chi connectivity index (χ3v) is 5.00. The van der Waals surface area contributed by atoms with Crippen LogP contribution < -0.4 is 14.8 Å². The van der Waals surface area contributed by atoms with E-state index in [1.807, 2.05) is 71.3 Å². The first-order valence-corrected chi connectivity index (χ1v) is 9.45. The molecule has 5 aromatic rings. The summed E-state index contributed by atoms with van der Waals surface area (Å²) >= 11 is 0. The Kier molecular flexibility index (Phi) is 4.40. The molecule has 0 aliphatic heterocycles. The van der Waals surface area contributed by atoms with Crippen LogP contribution in [0.15, 0.2) is 73.1 Å². The Labute approximate surface area is 172 Å². The standard InChI is InChI=1S/C23H19N5O2/c1-29-21-10-6-5-9-20(21)28-14-24-18-13-15(11-12-19(18)28)25-22-16-7-3-4-8-17(16)23(30-2)27-26-22/h3-14H,1-2H3,(H,25,26). The van der Waals surface area contributed by atoms with Gasteiger partial charge >= 0.3 is 0 Å². The molecule has 1 N–H and O–H groups in total. The Morgan fingerprint density at radius 3 is 2.47 bits per heavy atom. The van der Waals surface area contributed by atoms with Gasteiger partial charge in [-0.15, -0.1) is 10.2 Å². The predicted molar refractivity (Wildman–Crippen MR) is 117 cm³/mol. The van der Waals surface area contributed by atoms with Crippen molar-refractivity contribution >= 4 is 33.3 Å². The van der Waals surface area contributed by atoms with Crippen LogP contribution in [0.25, 0.3) is 27.5 Å². The van der Waals surface area contributed by atoms with Crippen LogP contribution in [0.1, 0.15) is 0 Å². The van der Waals surface area contributed by atoms with E-state index in [2.05, 4.69) is 20.5 Å². The zero-order chi connectivity index (χ0) is 20.5. The lowest BCUT2D eigenvalue weighted by molar-refractivity contribution is 0.398. The highest BCUT2D eigenvalue weighted by molar-refractivity contribution is 5.96. The zero-order valence-electron chi connectivity index (χ0n) is 16.5. The minimum absolute atomic E-state index is 0.502. The molecule has 7 heteroatoms. The van der Waals surface area contributed by atoms with Gasteiger partial charge < -0.3 is 14.8 Å². The van der Waals surface area contributed by atoms with Crippen molar-refractivity contribution in [3.05, 3.63) is 73.1 Å². The van der Waals surface area contributed by atoms with Gasteiger partial charge in [0.25, 0.3) is 0 Å². The summed E-state index contributed by atoms with van der Waals surface area (Å²) in [6.45, 7) is 0. The molecule has 2 heterocycles. The number of aromatic nitrogens is 4. The molecule has 0 amide bonds. The molecular formula is C23H19N5O2. The van der Waals surface area contributed by atoms with E-state index in [4.69, 9.17) is 9.47 Å². The summed E-state index contributed by atoms with van der Waals surface area (Å²) < 4.78 is 12.8. The molecule has 0 radical (unpaired) electrons. The number of hydrogen-bond donors (Lipinski definition) is 1. The molecule has 0 fully saturated rings. The molecule has 0 spiro atoms. The third kappa shape index (κ3) is 2.97. The summed E-state index contributed by atoms with van der Waals surface area (Å²) in [6, 6.07) is 21.7. The Hall–Kier alpha value is -4.13. The van der Waals surface area contributed by atoms with Crippen LogP contribution in [0.5, 0.6) is 11.6 Å². The minimum atomic E-state index is 0.502. The summed E-state index contributed by atoms with van der Waals surface area (Å²) in [7, 11) is 3.26. The van der Waals surface area contributed by atoms with Crippen molar-refractivity contribution in [3.8, 4) is 17.3 Å². The van der Waals surface area contributed by atoms with E-state index in [9.17, 15) is 0 Å². The van der Waals surface area contributed by atoms with Gasteiger partial charge in [-0.25, -0.2) is 4.98 Å². The number of imidazole rings is 1. The highest BCUT2D eigenvalue weighted by Crippen LogP contribution is 2.31. The van der Waals surface area contributed by atoms with Gasteiger partial charge in [0.2, 0.25) is 5.88 Å². The first kappa shape index (κ1) is 17.9. The second-order valence-corrected chi connectivity index (χ2v) is 6.72. The first-order valence-electron chi connectivity index (χ1n) is 9.45. The lowest BCUT2D eigenvalue weighted by Gasteiger charge is -2.11. The van der Waals surface area contributed by atoms with E-state index < -0.39 is 0 Å². The third-order valence-electron chi connectivity index (χ3n) is 5.00. The predicted octanol–water partition coefficient (Wildman–Crippen LogP) is 4.73. The summed E-state index contributed by atoms with van der Waals surface area (Å²) in [6.07, 6.45) is 1.80. The Morgan fingerprint density at radius 2 is 1.63 bits per heavy atom. The number of ether oxygens (including phenoxy) is 2. The highest BCUT2D eigenvalue weighted by Gasteiger charge is 2.12. The van der Waals surface area contributed by atoms with E-state index in [0.29, 0.717) is 11.7 Å². The second-order valence-electron chi connectivity index (χ2n) is 6.72.